The fraction of sp³-hybridized carbons (Fsp3) is 0.462. The van der Waals surface area contributed by atoms with E-state index in [1.54, 1.807) is 0 Å². The standard InChI is InChI=1S/C13H14F2N2O4/c14-13(15)20-10-5-1-4-9(11(10)21-13)17-12(18)16-7-8-3-2-6-19-8/h1,4-5,8H,2-3,6-7H2,(H2,16,17,18)/t8-/m1/s1. The summed E-state index contributed by atoms with van der Waals surface area (Å²) in [5.41, 5.74) is 0.120. The smallest absolute Gasteiger partial charge is 0.395 e. The van der Waals surface area contributed by atoms with E-state index in [0.717, 1.165) is 12.8 Å². The molecule has 1 saturated heterocycles. The zero-order valence-corrected chi connectivity index (χ0v) is 11.0. The van der Waals surface area contributed by atoms with Gasteiger partial charge in [0, 0.05) is 13.2 Å². The third-order valence-corrected chi connectivity index (χ3v) is 3.19. The third kappa shape index (κ3) is 3.15. The summed E-state index contributed by atoms with van der Waals surface area (Å²) < 4.78 is 40.1. The first-order chi connectivity index (χ1) is 10.0. The van der Waals surface area contributed by atoms with Gasteiger partial charge in [0.2, 0.25) is 0 Å². The molecule has 1 atom stereocenters. The summed E-state index contributed by atoms with van der Waals surface area (Å²) in [6.07, 6.45) is -1.85. The molecule has 2 N–H and O–H groups in total. The van der Waals surface area contributed by atoms with Gasteiger partial charge in [0.05, 0.1) is 11.8 Å². The summed E-state index contributed by atoms with van der Waals surface area (Å²) in [5.74, 6) is -0.299. The minimum absolute atomic E-state index is 0.00107. The molecule has 1 aromatic carbocycles. The number of nitrogens with one attached hydrogen (secondary N) is 2. The largest absolute Gasteiger partial charge is 0.586 e. The number of halogens is 2. The van der Waals surface area contributed by atoms with Crippen molar-refractivity contribution in [3.8, 4) is 11.5 Å². The summed E-state index contributed by atoms with van der Waals surface area (Å²) in [6, 6.07) is 3.76. The topological polar surface area (TPSA) is 68.8 Å². The van der Waals surface area contributed by atoms with Crippen LogP contribution in [0.4, 0.5) is 19.3 Å². The Labute approximate surface area is 119 Å². The number of alkyl halides is 2. The molecule has 6 nitrogen and oxygen atoms in total. The number of carbonyl (C=O) groups is 1. The number of ether oxygens (including phenoxy) is 3. The third-order valence-electron chi connectivity index (χ3n) is 3.19. The molecule has 1 fully saturated rings. The number of hydrogen-bond donors (Lipinski definition) is 2. The Hall–Kier alpha value is -2.09. The number of para-hydroxylation sites is 1. The molecule has 0 aliphatic carbocycles. The van der Waals surface area contributed by atoms with Crippen molar-refractivity contribution in [2.75, 3.05) is 18.5 Å². The van der Waals surface area contributed by atoms with Crippen molar-refractivity contribution in [2.45, 2.75) is 25.2 Å². The van der Waals surface area contributed by atoms with Gasteiger partial charge in [-0.3, -0.25) is 0 Å². The number of benzene rings is 1. The molecule has 0 aromatic heterocycles. The van der Waals surface area contributed by atoms with Gasteiger partial charge in [-0.05, 0) is 25.0 Å². The van der Waals surface area contributed by atoms with E-state index in [-0.39, 0.29) is 23.3 Å². The summed E-state index contributed by atoms with van der Waals surface area (Å²) in [7, 11) is 0. The van der Waals surface area contributed by atoms with E-state index < -0.39 is 12.3 Å². The Morgan fingerprint density at radius 3 is 3.00 bits per heavy atom. The van der Waals surface area contributed by atoms with E-state index in [4.69, 9.17) is 4.74 Å². The second kappa shape index (κ2) is 5.36. The van der Waals surface area contributed by atoms with Crippen molar-refractivity contribution in [3.05, 3.63) is 18.2 Å². The second-order valence-electron chi connectivity index (χ2n) is 4.77. The molecule has 3 rings (SSSR count). The van der Waals surface area contributed by atoms with Gasteiger partial charge < -0.3 is 24.8 Å². The van der Waals surface area contributed by atoms with Crippen LogP contribution in [-0.2, 0) is 4.74 Å². The Morgan fingerprint density at radius 2 is 2.24 bits per heavy atom. The molecule has 1 aromatic rings. The predicted molar refractivity (Wildman–Crippen MR) is 68.6 cm³/mol. The molecular formula is C13H14F2N2O4. The number of anilines is 1. The molecule has 0 saturated carbocycles. The number of carbonyl (C=O) groups excluding carboxylic acids is 1. The van der Waals surface area contributed by atoms with Gasteiger partial charge in [-0.2, -0.15) is 0 Å². The molecule has 2 amide bonds. The zero-order chi connectivity index (χ0) is 14.9. The van der Waals surface area contributed by atoms with Crippen LogP contribution in [0.3, 0.4) is 0 Å². The van der Waals surface area contributed by atoms with Crippen molar-refractivity contribution in [2.24, 2.45) is 0 Å². The highest BCUT2D eigenvalue weighted by molar-refractivity contribution is 5.91. The van der Waals surface area contributed by atoms with Crippen molar-refractivity contribution in [1.29, 1.82) is 0 Å². The summed E-state index contributed by atoms with van der Waals surface area (Å²) >= 11 is 0. The quantitative estimate of drug-likeness (QED) is 0.899. The van der Waals surface area contributed by atoms with Crippen molar-refractivity contribution in [1.82, 2.24) is 5.32 Å². The van der Waals surface area contributed by atoms with E-state index in [0.29, 0.717) is 13.2 Å². The monoisotopic (exact) mass is 300 g/mol. The van der Waals surface area contributed by atoms with Gasteiger partial charge in [-0.25, -0.2) is 4.79 Å². The molecule has 0 unspecified atom stereocenters. The Bertz CT molecular complexity index is 547. The van der Waals surface area contributed by atoms with Crippen LogP contribution < -0.4 is 20.1 Å². The van der Waals surface area contributed by atoms with Crippen LogP contribution in [0.1, 0.15) is 12.8 Å². The minimum Gasteiger partial charge on any atom is -0.395 e. The van der Waals surface area contributed by atoms with Gasteiger partial charge in [0.25, 0.3) is 0 Å². The van der Waals surface area contributed by atoms with Crippen LogP contribution in [0, 0.1) is 0 Å². The van der Waals surface area contributed by atoms with E-state index in [2.05, 4.69) is 20.1 Å². The lowest BCUT2D eigenvalue weighted by molar-refractivity contribution is -0.286. The highest BCUT2D eigenvalue weighted by atomic mass is 19.3. The molecule has 2 aliphatic heterocycles. The fourth-order valence-electron chi connectivity index (χ4n) is 2.25. The molecular weight excluding hydrogens is 286 g/mol. The first-order valence-corrected chi connectivity index (χ1v) is 6.59. The van der Waals surface area contributed by atoms with E-state index in [9.17, 15) is 13.6 Å². The lowest BCUT2D eigenvalue weighted by Crippen LogP contribution is -2.35. The Kier molecular flexibility index (Phi) is 3.54. The number of urea groups is 1. The molecule has 21 heavy (non-hydrogen) atoms. The number of fused-ring (bicyclic) bond motifs is 1. The lowest BCUT2D eigenvalue weighted by atomic mass is 10.2. The average molecular weight is 300 g/mol. The van der Waals surface area contributed by atoms with Crippen LogP contribution in [0.15, 0.2) is 18.2 Å². The number of amides is 2. The lowest BCUT2D eigenvalue weighted by Gasteiger charge is -2.12. The highest BCUT2D eigenvalue weighted by Gasteiger charge is 2.44. The van der Waals surface area contributed by atoms with Crippen LogP contribution in [0.5, 0.6) is 11.5 Å². The second-order valence-corrected chi connectivity index (χ2v) is 4.77. The fourth-order valence-corrected chi connectivity index (χ4v) is 2.25. The van der Waals surface area contributed by atoms with Gasteiger partial charge in [-0.1, -0.05) is 6.07 Å². The molecule has 0 radical (unpaired) electrons. The van der Waals surface area contributed by atoms with Gasteiger partial charge in [0.1, 0.15) is 0 Å². The van der Waals surface area contributed by atoms with E-state index in [1.165, 1.54) is 18.2 Å². The van der Waals surface area contributed by atoms with Crippen LogP contribution >= 0.6 is 0 Å². The average Bonchev–Trinajstić information content (AvgIpc) is 3.02. The molecule has 0 bridgehead atoms. The first-order valence-electron chi connectivity index (χ1n) is 6.59. The zero-order valence-electron chi connectivity index (χ0n) is 11.0. The van der Waals surface area contributed by atoms with Crippen LogP contribution in [-0.4, -0.2) is 31.6 Å². The summed E-state index contributed by atoms with van der Waals surface area (Å²) in [6.45, 7) is 1.06. The molecule has 8 heteroatoms. The van der Waals surface area contributed by atoms with E-state index >= 15 is 0 Å². The first kappa shape index (κ1) is 13.9. The highest BCUT2D eigenvalue weighted by Crippen LogP contribution is 2.45. The predicted octanol–water partition coefficient (Wildman–Crippen LogP) is 2.31. The molecule has 2 aliphatic rings. The summed E-state index contributed by atoms with van der Waals surface area (Å²) in [4.78, 5) is 11.8. The molecule has 2 heterocycles. The van der Waals surface area contributed by atoms with Crippen LogP contribution in [0.25, 0.3) is 0 Å². The number of rotatable bonds is 3. The van der Waals surface area contributed by atoms with Crippen molar-refractivity contribution in [3.63, 3.8) is 0 Å². The molecule has 114 valence electrons. The number of hydrogen-bond acceptors (Lipinski definition) is 4. The summed E-state index contributed by atoms with van der Waals surface area (Å²) in [5, 5.41) is 5.09. The van der Waals surface area contributed by atoms with Gasteiger partial charge in [0.15, 0.2) is 11.5 Å². The SMILES string of the molecule is O=C(NC[C@H]1CCCO1)Nc1cccc2c1OC(F)(F)O2. The Morgan fingerprint density at radius 1 is 1.38 bits per heavy atom. The van der Waals surface area contributed by atoms with Crippen molar-refractivity contribution >= 4 is 11.7 Å². The maximum atomic E-state index is 13.0. The minimum atomic E-state index is -3.71. The van der Waals surface area contributed by atoms with Crippen LogP contribution in [0.2, 0.25) is 0 Å². The van der Waals surface area contributed by atoms with Crippen molar-refractivity contribution < 1.29 is 27.8 Å². The Balaban J connectivity index is 1.60. The maximum Gasteiger partial charge on any atom is 0.586 e. The van der Waals surface area contributed by atoms with E-state index in [1.807, 2.05) is 0 Å². The van der Waals surface area contributed by atoms with Gasteiger partial charge >= 0.3 is 12.3 Å². The normalized spacial score (nSPS) is 22.1. The molecule has 0 spiro atoms. The van der Waals surface area contributed by atoms with Gasteiger partial charge in [-0.15, -0.1) is 8.78 Å². The maximum absolute atomic E-state index is 13.0.